The lowest BCUT2D eigenvalue weighted by atomic mass is 10.1. The van der Waals surface area contributed by atoms with Crippen LogP contribution in [0.4, 0.5) is 18.9 Å². The number of nitrogens with zero attached hydrogens (tertiary/aromatic N) is 4. The van der Waals surface area contributed by atoms with Crippen LogP contribution in [0, 0.1) is 17.5 Å². The van der Waals surface area contributed by atoms with Gasteiger partial charge in [0, 0.05) is 0 Å². The van der Waals surface area contributed by atoms with Crippen molar-refractivity contribution in [3.63, 3.8) is 0 Å². The van der Waals surface area contributed by atoms with Crippen LogP contribution in [0.2, 0.25) is 0 Å². The molecule has 0 saturated carbocycles. The summed E-state index contributed by atoms with van der Waals surface area (Å²) in [5, 5.41) is 15.2. The molecule has 28 heavy (non-hydrogen) atoms. The minimum Gasteiger partial charge on any atom is -0.347 e. The summed E-state index contributed by atoms with van der Waals surface area (Å²) in [4.78, 5) is 23.7. The Bertz CT molecular complexity index is 993. The van der Waals surface area contributed by atoms with E-state index < -0.39 is 41.5 Å². The van der Waals surface area contributed by atoms with E-state index in [2.05, 4.69) is 26.2 Å². The summed E-state index contributed by atoms with van der Waals surface area (Å²) in [6, 6.07) is 8.42. The van der Waals surface area contributed by atoms with Crippen LogP contribution in [0.15, 0.2) is 42.7 Å². The van der Waals surface area contributed by atoms with Crippen molar-refractivity contribution in [2.24, 2.45) is 0 Å². The zero-order chi connectivity index (χ0) is 20.1. The van der Waals surface area contributed by atoms with Gasteiger partial charge in [-0.1, -0.05) is 12.1 Å². The second-order valence-corrected chi connectivity index (χ2v) is 5.65. The number of hydrogen-bond donors (Lipinski definition) is 2. The van der Waals surface area contributed by atoms with Crippen molar-refractivity contribution >= 4 is 17.5 Å². The van der Waals surface area contributed by atoms with Crippen molar-refractivity contribution in [1.29, 1.82) is 0 Å². The number of rotatable bonds is 6. The number of halogens is 3. The second kappa shape index (κ2) is 8.29. The SMILES string of the molecule is O=C(Cc1ccc(-n2cnnn2)cc1)NCC(=O)Nc1ccc(F)c(F)c1F. The van der Waals surface area contributed by atoms with E-state index in [4.69, 9.17) is 0 Å². The Balaban J connectivity index is 1.50. The minimum atomic E-state index is -1.69. The van der Waals surface area contributed by atoms with Crippen LogP contribution in [0.5, 0.6) is 0 Å². The topological polar surface area (TPSA) is 102 Å². The lowest BCUT2D eigenvalue weighted by Gasteiger charge is -2.09. The van der Waals surface area contributed by atoms with Crippen LogP contribution in [0.1, 0.15) is 5.56 Å². The molecule has 0 unspecified atom stereocenters. The highest BCUT2D eigenvalue weighted by atomic mass is 19.2. The highest BCUT2D eigenvalue weighted by Crippen LogP contribution is 2.19. The lowest BCUT2D eigenvalue weighted by molar-refractivity contribution is -0.123. The van der Waals surface area contributed by atoms with E-state index in [0.29, 0.717) is 17.3 Å². The average molecular weight is 390 g/mol. The van der Waals surface area contributed by atoms with Gasteiger partial charge in [-0.2, -0.15) is 0 Å². The van der Waals surface area contributed by atoms with Gasteiger partial charge >= 0.3 is 0 Å². The summed E-state index contributed by atoms with van der Waals surface area (Å²) < 4.78 is 41.0. The van der Waals surface area contributed by atoms with E-state index >= 15 is 0 Å². The zero-order valence-electron chi connectivity index (χ0n) is 14.2. The Morgan fingerprint density at radius 2 is 1.71 bits per heavy atom. The number of carbonyl (C=O) groups is 2. The number of carbonyl (C=O) groups excluding carboxylic acids is 2. The molecule has 0 atom stereocenters. The fraction of sp³-hybridized carbons (Fsp3) is 0.118. The zero-order valence-corrected chi connectivity index (χ0v) is 14.2. The van der Waals surface area contributed by atoms with Gasteiger partial charge in [-0.25, -0.2) is 17.9 Å². The molecule has 0 fully saturated rings. The van der Waals surface area contributed by atoms with Gasteiger partial charge in [0.15, 0.2) is 17.5 Å². The van der Waals surface area contributed by atoms with Crippen molar-refractivity contribution in [3.05, 3.63) is 65.7 Å². The summed E-state index contributed by atoms with van der Waals surface area (Å²) in [5.74, 6) is -5.80. The predicted molar refractivity (Wildman–Crippen MR) is 90.8 cm³/mol. The molecule has 11 heteroatoms. The van der Waals surface area contributed by atoms with Gasteiger partial charge in [0.25, 0.3) is 0 Å². The third kappa shape index (κ3) is 4.50. The molecule has 3 rings (SSSR count). The highest BCUT2D eigenvalue weighted by Gasteiger charge is 2.15. The number of amides is 2. The van der Waals surface area contributed by atoms with Crippen LogP contribution in [-0.4, -0.2) is 38.6 Å². The lowest BCUT2D eigenvalue weighted by Crippen LogP contribution is -2.34. The number of nitrogens with one attached hydrogen (secondary N) is 2. The Kier molecular flexibility index (Phi) is 5.63. The first-order valence-electron chi connectivity index (χ1n) is 7.96. The molecule has 2 N–H and O–H groups in total. The van der Waals surface area contributed by atoms with Crippen molar-refractivity contribution in [1.82, 2.24) is 25.5 Å². The number of aromatic nitrogens is 4. The molecular formula is C17H13F3N6O2. The van der Waals surface area contributed by atoms with Gasteiger partial charge in [-0.05, 0) is 40.3 Å². The van der Waals surface area contributed by atoms with Crippen LogP contribution in [-0.2, 0) is 16.0 Å². The molecule has 2 aromatic carbocycles. The molecule has 1 aromatic heterocycles. The average Bonchev–Trinajstić information content (AvgIpc) is 3.22. The summed E-state index contributed by atoms with van der Waals surface area (Å²) in [5.41, 5.74) is 0.875. The van der Waals surface area contributed by atoms with E-state index in [9.17, 15) is 22.8 Å². The molecular weight excluding hydrogens is 377 g/mol. The van der Waals surface area contributed by atoms with E-state index in [1.165, 1.54) is 11.0 Å². The number of hydrogen-bond acceptors (Lipinski definition) is 5. The van der Waals surface area contributed by atoms with Crippen molar-refractivity contribution < 1.29 is 22.8 Å². The molecule has 0 aliphatic carbocycles. The smallest absolute Gasteiger partial charge is 0.243 e. The van der Waals surface area contributed by atoms with Gasteiger partial charge in [0.2, 0.25) is 11.8 Å². The third-order valence-corrected chi connectivity index (χ3v) is 3.67. The molecule has 0 spiro atoms. The summed E-state index contributed by atoms with van der Waals surface area (Å²) in [6.07, 6.45) is 1.43. The maximum absolute atomic E-state index is 13.5. The molecule has 2 amide bonds. The molecule has 0 aliphatic rings. The fourth-order valence-electron chi connectivity index (χ4n) is 2.29. The number of benzene rings is 2. The van der Waals surface area contributed by atoms with E-state index in [1.807, 2.05) is 0 Å². The Morgan fingerprint density at radius 1 is 0.964 bits per heavy atom. The first-order chi connectivity index (χ1) is 13.4. The number of anilines is 1. The molecule has 1 heterocycles. The van der Waals surface area contributed by atoms with E-state index in [1.54, 1.807) is 24.3 Å². The Labute approximate surface area is 156 Å². The predicted octanol–water partition coefficient (Wildman–Crippen LogP) is 1.38. The molecule has 8 nitrogen and oxygen atoms in total. The van der Waals surface area contributed by atoms with Crippen LogP contribution < -0.4 is 10.6 Å². The maximum Gasteiger partial charge on any atom is 0.243 e. The molecule has 0 radical (unpaired) electrons. The van der Waals surface area contributed by atoms with Crippen LogP contribution >= 0.6 is 0 Å². The minimum absolute atomic E-state index is 0.00268. The van der Waals surface area contributed by atoms with Crippen molar-refractivity contribution in [2.45, 2.75) is 6.42 Å². The molecule has 0 bridgehead atoms. The quantitative estimate of drug-likeness (QED) is 0.619. The Morgan fingerprint density at radius 3 is 2.39 bits per heavy atom. The molecule has 144 valence electrons. The maximum atomic E-state index is 13.5. The fourth-order valence-corrected chi connectivity index (χ4v) is 2.29. The van der Waals surface area contributed by atoms with E-state index in [0.717, 1.165) is 6.07 Å². The summed E-state index contributed by atoms with van der Waals surface area (Å²) >= 11 is 0. The molecule has 0 aliphatic heterocycles. The second-order valence-electron chi connectivity index (χ2n) is 5.65. The van der Waals surface area contributed by atoms with E-state index in [-0.39, 0.29) is 6.42 Å². The normalized spacial score (nSPS) is 10.5. The van der Waals surface area contributed by atoms with Crippen LogP contribution in [0.3, 0.4) is 0 Å². The first-order valence-corrected chi connectivity index (χ1v) is 7.96. The van der Waals surface area contributed by atoms with Gasteiger partial charge in [0.05, 0.1) is 24.3 Å². The van der Waals surface area contributed by atoms with Crippen molar-refractivity contribution in [2.75, 3.05) is 11.9 Å². The summed E-state index contributed by atoms with van der Waals surface area (Å²) in [6.45, 7) is -0.458. The molecule has 0 saturated heterocycles. The van der Waals surface area contributed by atoms with Gasteiger partial charge in [0.1, 0.15) is 6.33 Å². The number of tetrazole rings is 1. The largest absolute Gasteiger partial charge is 0.347 e. The highest BCUT2D eigenvalue weighted by molar-refractivity contribution is 5.94. The third-order valence-electron chi connectivity index (χ3n) is 3.67. The molecule has 3 aromatic rings. The van der Waals surface area contributed by atoms with Gasteiger partial charge < -0.3 is 10.6 Å². The monoisotopic (exact) mass is 390 g/mol. The van der Waals surface area contributed by atoms with Crippen molar-refractivity contribution in [3.8, 4) is 5.69 Å². The van der Waals surface area contributed by atoms with Gasteiger partial charge in [-0.3, -0.25) is 9.59 Å². The first kappa shape index (κ1) is 19.0. The van der Waals surface area contributed by atoms with Gasteiger partial charge in [-0.15, -0.1) is 5.10 Å². The summed E-state index contributed by atoms with van der Waals surface area (Å²) in [7, 11) is 0. The van der Waals surface area contributed by atoms with Crippen LogP contribution in [0.25, 0.3) is 5.69 Å². The Hall–Kier alpha value is -3.76. The standard InChI is InChI=1S/C17H13F3N6O2/c18-12-5-6-13(17(20)16(12)19)23-15(28)8-21-14(27)7-10-1-3-11(4-2-10)26-9-22-24-25-26/h1-6,9H,7-8H2,(H,21,27)(H,23,28).